The summed E-state index contributed by atoms with van der Waals surface area (Å²) in [6, 6.07) is 0. The molecule has 1 rings (SSSR count). The molecular formula is C10H20O2. The molecule has 0 aliphatic heterocycles. The zero-order chi connectivity index (χ0) is 9.03. The summed E-state index contributed by atoms with van der Waals surface area (Å²) in [5, 5.41) is 0. The molecule has 0 saturated heterocycles. The van der Waals surface area contributed by atoms with E-state index in [0.717, 1.165) is 13.0 Å². The maximum atomic E-state index is 5.51. The molecular weight excluding hydrogens is 152 g/mol. The highest BCUT2D eigenvalue weighted by molar-refractivity contribution is 4.90. The van der Waals surface area contributed by atoms with Gasteiger partial charge >= 0.3 is 0 Å². The molecule has 1 atom stereocenters. The number of rotatable bonds is 5. The van der Waals surface area contributed by atoms with E-state index in [1.165, 1.54) is 19.3 Å². The van der Waals surface area contributed by atoms with Crippen molar-refractivity contribution in [2.24, 2.45) is 0 Å². The van der Waals surface area contributed by atoms with E-state index in [9.17, 15) is 0 Å². The Hall–Kier alpha value is -0.0800. The van der Waals surface area contributed by atoms with Crippen molar-refractivity contribution in [3.63, 3.8) is 0 Å². The highest BCUT2D eigenvalue weighted by atomic mass is 16.5. The Morgan fingerprint density at radius 2 is 2.08 bits per heavy atom. The van der Waals surface area contributed by atoms with Crippen LogP contribution in [0, 0.1) is 0 Å². The summed E-state index contributed by atoms with van der Waals surface area (Å²) in [5.41, 5.74) is 0.161. The zero-order valence-electron chi connectivity index (χ0n) is 8.43. The van der Waals surface area contributed by atoms with Crippen molar-refractivity contribution in [1.29, 1.82) is 0 Å². The topological polar surface area (TPSA) is 18.5 Å². The van der Waals surface area contributed by atoms with Crippen LogP contribution in [0.3, 0.4) is 0 Å². The van der Waals surface area contributed by atoms with Gasteiger partial charge in [0.05, 0.1) is 11.7 Å². The van der Waals surface area contributed by atoms with Gasteiger partial charge in [0.25, 0.3) is 0 Å². The fraction of sp³-hybridized carbons (Fsp3) is 1.00. The van der Waals surface area contributed by atoms with E-state index >= 15 is 0 Å². The van der Waals surface area contributed by atoms with Crippen LogP contribution in [-0.4, -0.2) is 25.4 Å². The molecule has 1 fully saturated rings. The Morgan fingerprint density at radius 1 is 1.42 bits per heavy atom. The van der Waals surface area contributed by atoms with Crippen molar-refractivity contribution in [1.82, 2.24) is 0 Å². The molecule has 0 bridgehead atoms. The minimum absolute atomic E-state index is 0.161. The lowest BCUT2D eigenvalue weighted by atomic mass is 9.76. The van der Waals surface area contributed by atoms with Gasteiger partial charge in [0.1, 0.15) is 0 Å². The minimum Gasteiger partial charge on any atom is -0.379 e. The van der Waals surface area contributed by atoms with Gasteiger partial charge in [0, 0.05) is 20.1 Å². The molecule has 12 heavy (non-hydrogen) atoms. The van der Waals surface area contributed by atoms with Crippen LogP contribution in [0.1, 0.15) is 39.5 Å². The molecule has 0 aromatic heterocycles. The van der Waals surface area contributed by atoms with Crippen LogP contribution in [0.2, 0.25) is 0 Å². The summed E-state index contributed by atoms with van der Waals surface area (Å²) in [4.78, 5) is 0. The molecule has 72 valence electrons. The third kappa shape index (κ3) is 2.20. The summed E-state index contributed by atoms with van der Waals surface area (Å²) in [6.45, 7) is 4.97. The molecule has 2 heteroatoms. The van der Waals surface area contributed by atoms with Crippen LogP contribution in [-0.2, 0) is 9.47 Å². The van der Waals surface area contributed by atoms with Gasteiger partial charge in [-0.05, 0) is 33.1 Å². The van der Waals surface area contributed by atoms with E-state index in [4.69, 9.17) is 9.47 Å². The van der Waals surface area contributed by atoms with E-state index in [0.29, 0.717) is 6.10 Å². The maximum absolute atomic E-state index is 5.51. The molecule has 0 amide bonds. The summed E-state index contributed by atoms with van der Waals surface area (Å²) in [5.74, 6) is 0. The van der Waals surface area contributed by atoms with E-state index in [1.807, 2.05) is 14.0 Å². The molecule has 2 nitrogen and oxygen atoms in total. The molecule has 1 aliphatic rings. The molecule has 0 radical (unpaired) electrons. The van der Waals surface area contributed by atoms with Crippen LogP contribution in [0.5, 0.6) is 0 Å². The van der Waals surface area contributed by atoms with Gasteiger partial charge in [-0.2, -0.15) is 0 Å². The van der Waals surface area contributed by atoms with E-state index in [-0.39, 0.29) is 5.60 Å². The molecule has 0 aromatic carbocycles. The summed E-state index contributed by atoms with van der Waals surface area (Å²) < 4.78 is 11.0. The van der Waals surface area contributed by atoms with E-state index in [1.54, 1.807) is 0 Å². The van der Waals surface area contributed by atoms with Crippen LogP contribution >= 0.6 is 0 Å². The molecule has 1 aliphatic carbocycles. The predicted molar refractivity (Wildman–Crippen MR) is 49.3 cm³/mol. The smallest absolute Gasteiger partial charge is 0.0703 e. The second-order valence-electron chi connectivity index (χ2n) is 3.71. The SMILES string of the molecule is CCOC(C)CC1(OC)CCC1. The molecule has 0 aromatic rings. The van der Waals surface area contributed by atoms with Crippen molar-refractivity contribution < 1.29 is 9.47 Å². The third-order valence-electron chi connectivity index (χ3n) is 2.81. The fourth-order valence-electron chi connectivity index (χ4n) is 1.93. The van der Waals surface area contributed by atoms with Gasteiger partial charge in [-0.3, -0.25) is 0 Å². The van der Waals surface area contributed by atoms with Crippen LogP contribution in [0.4, 0.5) is 0 Å². The van der Waals surface area contributed by atoms with Crippen LogP contribution in [0.15, 0.2) is 0 Å². The van der Waals surface area contributed by atoms with E-state index < -0.39 is 0 Å². The standard InChI is InChI=1S/C10H20O2/c1-4-12-9(2)8-10(11-3)6-5-7-10/h9H,4-8H2,1-3H3. The first-order chi connectivity index (χ1) is 5.72. The average Bonchev–Trinajstić information content (AvgIpc) is 1.97. The number of ether oxygens (including phenoxy) is 2. The minimum atomic E-state index is 0.161. The van der Waals surface area contributed by atoms with Gasteiger partial charge in [-0.15, -0.1) is 0 Å². The van der Waals surface area contributed by atoms with Crippen molar-refractivity contribution in [3.8, 4) is 0 Å². The largest absolute Gasteiger partial charge is 0.379 e. The maximum Gasteiger partial charge on any atom is 0.0703 e. The lowest BCUT2D eigenvalue weighted by Gasteiger charge is -2.42. The Balaban J connectivity index is 2.27. The van der Waals surface area contributed by atoms with Crippen molar-refractivity contribution in [2.75, 3.05) is 13.7 Å². The number of hydrogen-bond donors (Lipinski definition) is 0. The lowest BCUT2D eigenvalue weighted by molar-refractivity contribution is -0.106. The quantitative estimate of drug-likeness (QED) is 0.634. The summed E-state index contributed by atoms with van der Waals surface area (Å²) in [6.07, 6.45) is 5.13. The normalized spacial score (nSPS) is 23.2. The first kappa shape index (κ1) is 10.0. The second-order valence-corrected chi connectivity index (χ2v) is 3.71. The molecule has 0 spiro atoms. The zero-order valence-corrected chi connectivity index (χ0v) is 8.43. The monoisotopic (exact) mass is 172 g/mol. The predicted octanol–water partition coefficient (Wildman–Crippen LogP) is 2.37. The van der Waals surface area contributed by atoms with Crippen molar-refractivity contribution in [2.45, 2.75) is 51.2 Å². The number of methoxy groups -OCH3 is 1. The van der Waals surface area contributed by atoms with Gasteiger partial charge in [0.2, 0.25) is 0 Å². The average molecular weight is 172 g/mol. The van der Waals surface area contributed by atoms with Gasteiger partial charge in [-0.1, -0.05) is 0 Å². The highest BCUT2D eigenvalue weighted by Gasteiger charge is 2.38. The Labute approximate surface area is 75.2 Å². The first-order valence-electron chi connectivity index (χ1n) is 4.89. The highest BCUT2D eigenvalue weighted by Crippen LogP contribution is 2.39. The second kappa shape index (κ2) is 4.24. The summed E-state index contributed by atoms with van der Waals surface area (Å²) in [7, 11) is 1.82. The number of hydrogen-bond acceptors (Lipinski definition) is 2. The Morgan fingerprint density at radius 3 is 2.42 bits per heavy atom. The fourth-order valence-corrected chi connectivity index (χ4v) is 1.93. The summed E-state index contributed by atoms with van der Waals surface area (Å²) >= 11 is 0. The van der Waals surface area contributed by atoms with Crippen LogP contribution in [0.25, 0.3) is 0 Å². The van der Waals surface area contributed by atoms with Crippen molar-refractivity contribution in [3.05, 3.63) is 0 Å². The molecule has 0 N–H and O–H groups in total. The molecule has 0 heterocycles. The Kier molecular flexibility index (Phi) is 3.53. The molecule has 1 unspecified atom stereocenters. The van der Waals surface area contributed by atoms with Crippen molar-refractivity contribution >= 4 is 0 Å². The van der Waals surface area contributed by atoms with Crippen LogP contribution < -0.4 is 0 Å². The van der Waals surface area contributed by atoms with E-state index in [2.05, 4.69) is 6.92 Å². The van der Waals surface area contributed by atoms with Gasteiger partial charge < -0.3 is 9.47 Å². The third-order valence-corrected chi connectivity index (χ3v) is 2.81. The molecule has 1 saturated carbocycles. The first-order valence-corrected chi connectivity index (χ1v) is 4.89. The van der Waals surface area contributed by atoms with Gasteiger partial charge in [-0.25, -0.2) is 0 Å². The lowest BCUT2D eigenvalue weighted by Crippen LogP contribution is -2.42. The van der Waals surface area contributed by atoms with Gasteiger partial charge in [0.15, 0.2) is 0 Å². The Bertz CT molecular complexity index is 124.